The van der Waals surface area contributed by atoms with Crippen LogP contribution in [-0.2, 0) is 16.1 Å². The van der Waals surface area contributed by atoms with Crippen LogP contribution >= 0.6 is 11.3 Å². The molecule has 1 fully saturated rings. The Labute approximate surface area is 172 Å². The number of hydrogen-bond donors (Lipinski definition) is 1. The molecule has 1 aliphatic heterocycles. The lowest BCUT2D eigenvalue weighted by Crippen LogP contribution is -2.29. The van der Waals surface area contributed by atoms with Crippen LogP contribution in [0.2, 0.25) is 0 Å². The van der Waals surface area contributed by atoms with Crippen molar-refractivity contribution in [2.24, 2.45) is 0 Å². The normalized spacial score (nSPS) is 16.4. The molecule has 4 rings (SSSR count). The van der Waals surface area contributed by atoms with E-state index < -0.39 is 0 Å². The van der Waals surface area contributed by atoms with Crippen molar-refractivity contribution in [3.05, 3.63) is 40.7 Å². The minimum absolute atomic E-state index is 0.000880. The zero-order valence-electron chi connectivity index (χ0n) is 16.3. The Bertz CT molecular complexity index is 982. The van der Waals surface area contributed by atoms with Gasteiger partial charge in [-0.3, -0.25) is 15.0 Å². The molecule has 0 saturated carbocycles. The van der Waals surface area contributed by atoms with Gasteiger partial charge in [0.1, 0.15) is 11.1 Å². The second-order valence-corrected chi connectivity index (χ2v) is 8.06. The van der Waals surface area contributed by atoms with E-state index in [1.165, 1.54) is 11.3 Å². The Kier molecular flexibility index (Phi) is 5.93. The van der Waals surface area contributed by atoms with Gasteiger partial charge >= 0.3 is 0 Å². The van der Waals surface area contributed by atoms with E-state index in [2.05, 4.69) is 25.7 Å². The molecule has 10 heteroatoms. The minimum atomic E-state index is -0.180. The van der Waals surface area contributed by atoms with Gasteiger partial charge in [-0.2, -0.15) is 4.98 Å². The molecule has 1 atom stereocenters. The second-order valence-electron chi connectivity index (χ2n) is 7.05. The van der Waals surface area contributed by atoms with Crippen LogP contribution in [0.1, 0.15) is 35.4 Å². The predicted molar refractivity (Wildman–Crippen MR) is 107 cm³/mol. The molecule has 3 heterocycles. The van der Waals surface area contributed by atoms with E-state index in [-0.39, 0.29) is 18.6 Å². The Balaban J connectivity index is 1.29. The first kappa shape index (κ1) is 19.6. The molecule has 1 aliphatic rings. The SMILES string of the molecule is Cc1cccc(-c2noc(CN(C)CC(=O)Nc3nnc(C4CCCO4)s3)n2)c1. The quantitative estimate of drug-likeness (QED) is 0.629. The van der Waals surface area contributed by atoms with Gasteiger partial charge in [-0.1, -0.05) is 40.3 Å². The second kappa shape index (κ2) is 8.76. The highest BCUT2D eigenvalue weighted by atomic mass is 32.1. The van der Waals surface area contributed by atoms with E-state index in [4.69, 9.17) is 9.26 Å². The highest BCUT2D eigenvalue weighted by Gasteiger charge is 2.22. The monoisotopic (exact) mass is 414 g/mol. The first-order valence-electron chi connectivity index (χ1n) is 9.40. The first-order chi connectivity index (χ1) is 14.1. The van der Waals surface area contributed by atoms with E-state index in [0.717, 1.165) is 35.6 Å². The topological polar surface area (TPSA) is 106 Å². The van der Waals surface area contributed by atoms with Crippen molar-refractivity contribution >= 4 is 22.4 Å². The molecule has 9 nitrogen and oxygen atoms in total. The Hall–Kier alpha value is -2.69. The third-order valence-electron chi connectivity index (χ3n) is 4.46. The summed E-state index contributed by atoms with van der Waals surface area (Å²) >= 11 is 1.35. The van der Waals surface area contributed by atoms with Gasteiger partial charge in [0, 0.05) is 12.2 Å². The van der Waals surface area contributed by atoms with Gasteiger partial charge in [0.05, 0.1) is 13.1 Å². The summed E-state index contributed by atoms with van der Waals surface area (Å²) in [5, 5.41) is 16.2. The zero-order chi connectivity index (χ0) is 20.2. The zero-order valence-corrected chi connectivity index (χ0v) is 17.1. The minimum Gasteiger partial charge on any atom is -0.371 e. The first-order valence-corrected chi connectivity index (χ1v) is 10.2. The van der Waals surface area contributed by atoms with Crippen LogP contribution in [0, 0.1) is 6.92 Å². The molecule has 0 radical (unpaired) electrons. The average Bonchev–Trinajstić information content (AvgIpc) is 3.43. The number of carbonyl (C=O) groups is 1. The van der Waals surface area contributed by atoms with Crippen LogP contribution in [0.3, 0.4) is 0 Å². The summed E-state index contributed by atoms with van der Waals surface area (Å²) in [6.07, 6.45) is 1.97. The maximum Gasteiger partial charge on any atom is 0.241 e. The van der Waals surface area contributed by atoms with E-state index in [1.807, 2.05) is 38.2 Å². The maximum absolute atomic E-state index is 12.3. The maximum atomic E-state index is 12.3. The number of rotatable bonds is 7. The summed E-state index contributed by atoms with van der Waals surface area (Å²) in [6, 6.07) is 7.90. The van der Waals surface area contributed by atoms with Gasteiger partial charge in [0.15, 0.2) is 0 Å². The number of amides is 1. The van der Waals surface area contributed by atoms with Gasteiger partial charge in [-0.15, -0.1) is 10.2 Å². The number of aryl methyl sites for hydroxylation is 1. The Morgan fingerprint density at radius 2 is 2.28 bits per heavy atom. The molecule has 29 heavy (non-hydrogen) atoms. The number of nitrogens with one attached hydrogen (secondary N) is 1. The summed E-state index contributed by atoms with van der Waals surface area (Å²) < 4.78 is 10.9. The number of likely N-dealkylation sites (N-methyl/N-ethyl adjacent to an activating group) is 1. The van der Waals surface area contributed by atoms with Gasteiger partial charge in [0.25, 0.3) is 0 Å². The van der Waals surface area contributed by atoms with Crippen LogP contribution in [0.25, 0.3) is 11.4 Å². The molecule has 0 bridgehead atoms. The fourth-order valence-electron chi connectivity index (χ4n) is 3.10. The van der Waals surface area contributed by atoms with Crippen molar-refractivity contribution < 1.29 is 14.1 Å². The molecule has 1 saturated heterocycles. The fraction of sp³-hybridized carbons (Fsp3) is 0.421. The lowest BCUT2D eigenvalue weighted by Gasteiger charge is -2.12. The Morgan fingerprint density at radius 1 is 1.38 bits per heavy atom. The van der Waals surface area contributed by atoms with Crippen LogP contribution < -0.4 is 5.32 Å². The van der Waals surface area contributed by atoms with Crippen molar-refractivity contribution in [3.8, 4) is 11.4 Å². The third-order valence-corrected chi connectivity index (χ3v) is 5.39. The highest BCUT2D eigenvalue weighted by molar-refractivity contribution is 7.15. The fourth-order valence-corrected chi connectivity index (χ4v) is 3.94. The van der Waals surface area contributed by atoms with E-state index in [9.17, 15) is 4.79 Å². The highest BCUT2D eigenvalue weighted by Crippen LogP contribution is 2.31. The number of hydrogen-bond acceptors (Lipinski definition) is 9. The van der Waals surface area contributed by atoms with Gasteiger partial charge < -0.3 is 9.26 Å². The molecule has 1 amide bonds. The van der Waals surface area contributed by atoms with Crippen molar-refractivity contribution in [2.75, 3.05) is 25.5 Å². The number of ether oxygens (including phenoxy) is 1. The van der Waals surface area contributed by atoms with Crippen LogP contribution in [0.15, 0.2) is 28.8 Å². The molecule has 2 aromatic heterocycles. The molecular weight excluding hydrogens is 392 g/mol. The number of nitrogens with zero attached hydrogens (tertiary/aromatic N) is 5. The summed E-state index contributed by atoms with van der Waals surface area (Å²) in [7, 11) is 1.81. The molecule has 0 spiro atoms. The molecular formula is C19H22N6O3S. The van der Waals surface area contributed by atoms with E-state index in [0.29, 0.717) is 23.4 Å². The lowest BCUT2D eigenvalue weighted by atomic mass is 10.1. The van der Waals surface area contributed by atoms with Crippen molar-refractivity contribution in [2.45, 2.75) is 32.4 Å². The lowest BCUT2D eigenvalue weighted by molar-refractivity contribution is -0.117. The van der Waals surface area contributed by atoms with E-state index >= 15 is 0 Å². The number of aromatic nitrogens is 4. The number of anilines is 1. The summed E-state index contributed by atoms with van der Waals surface area (Å²) in [5.41, 5.74) is 2.03. The van der Waals surface area contributed by atoms with Crippen LogP contribution in [-0.4, -0.2) is 51.3 Å². The van der Waals surface area contributed by atoms with Gasteiger partial charge in [-0.05, 0) is 32.9 Å². The largest absolute Gasteiger partial charge is 0.371 e. The summed E-state index contributed by atoms with van der Waals surface area (Å²) in [5.74, 6) is 0.812. The number of carbonyl (C=O) groups excluding carboxylic acids is 1. The third kappa shape index (κ3) is 5.03. The molecule has 0 aliphatic carbocycles. The number of benzene rings is 1. The molecule has 1 N–H and O–H groups in total. The van der Waals surface area contributed by atoms with Crippen LogP contribution in [0.5, 0.6) is 0 Å². The van der Waals surface area contributed by atoms with Gasteiger partial charge in [0.2, 0.25) is 22.8 Å². The van der Waals surface area contributed by atoms with E-state index in [1.54, 1.807) is 4.90 Å². The van der Waals surface area contributed by atoms with Crippen molar-refractivity contribution in [1.29, 1.82) is 0 Å². The Morgan fingerprint density at radius 3 is 3.07 bits per heavy atom. The summed E-state index contributed by atoms with van der Waals surface area (Å²) in [4.78, 5) is 18.5. The molecule has 1 unspecified atom stereocenters. The molecule has 3 aromatic rings. The van der Waals surface area contributed by atoms with Crippen molar-refractivity contribution in [1.82, 2.24) is 25.2 Å². The molecule has 152 valence electrons. The van der Waals surface area contributed by atoms with Crippen LogP contribution in [0.4, 0.5) is 5.13 Å². The predicted octanol–water partition coefficient (Wildman–Crippen LogP) is 2.82. The van der Waals surface area contributed by atoms with Gasteiger partial charge in [-0.25, -0.2) is 0 Å². The summed E-state index contributed by atoms with van der Waals surface area (Å²) in [6.45, 7) is 3.29. The van der Waals surface area contributed by atoms with Crippen molar-refractivity contribution in [3.63, 3.8) is 0 Å². The average molecular weight is 414 g/mol. The molecule has 1 aromatic carbocycles. The smallest absolute Gasteiger partial charge is 0.241 e. The standard InChI is InChI=1S/C19H22N6O3S/c1-12-5-3-6-13(9-12)17-21-16(28-24-17)11-25(2)10-15(26)20-19-23-22-18(29-19)14-7-4-8-27-14/h3,5-6,9,14H,4,7-8,10-11H2,1-2H3,(H,20,23,26).